The fourth-order valence-corrected chi connectivity index (χ4v) is 1.03. The van der Waals surface area contributed by atoms with Crippen molar-refractivity contribution < 1.29 is 9.21 Å². The molecule has 0 saturated carbocycles. The lowest BCUT2D eigenvalue weighted by atomic mass is 10.1. The van der Waals surface area contributed by atoms with Crippen LogP contribution in [0.3, 0.4) is 0 Å². The van der Waals surface area contributed by atoms with E-state index >= 15 is 0 Å². The number of rotatable bonds is 3. The van der Waals surface area contributed by atoms with Gasteiger partial charge in [0.25, 0.3) is 0 Å². The quantitative estimate of drug-likeness (QED) is 0.775. The van der Waals surface area contributed by atoms with Crippen molar-refractivity contribution in [3.8, 4) is 0 Å². The molecule has 1 rings (SSSR count). The van der Waals surface area contributed by atoms with Gasteiger partial charge in [-0.05, 0) is 12.3 Å². The van der Waals surface area contributed by atoms with E-state index in [1.54, 1.807) is 6.26 Å². The molecule has 0 spiro atoms. The van der Waals surface area contributed by atoms with Crippen molar-refractivity contribution in [3.63, 3.8) is 0 Å². The summed E-state index contributed by atoms with van der Waals surface area (Å²) in [5, 5.41) is 2.48. The number of hydrogen-bond acceptors (Lipinski definition) is 3. The zero-order chi connectivity index (χ0) is 9.84. The van der Waals surface area contributed by atoms with E-state index in [9.17, 15) is 4.79 Å². The first-order chi connectivity index (χ1) is 6.08. The Bertz CT molecular complexity index is 292. The minimum absolute atomic E-state index is 0.169. The molecule has 0 fully saturated rings. The maximum atomic E-state index is 10.6. The summed E-state index contributed by atoms with van der Waals surface area (Å²) in [6.07, 6.45) is 2.44. The van der Waals surface area contributed by atoms with Gasteiger partial charge >= 0.3 is 6.01 Å². The van der Waals surface area contributed by atoms with Crippen LogP contribution in [0.25, 0.3) is 0 Å². The SMILES string of the molecule is CC(=O)Nc1nc(CC(C)C)co1. The van der Waals surface area contributed by atoms with Crippen LogP contribution >= 0.6 is 0 Å². The number of nitrogens with zero attached hydrogens (tertiary/aromatic N) is 1. The lowest BCUT2D eigenvalue weighted by Crippen LogP contribution is -2.06. The Morgan fingerprint density at radius 2 is 2.38 bits per heavy atom. The molecule has 1 N–H and O–H groups in total. The second-order valence-corrected chi connectivity index (χ2v) is 3.42. The Balaban J connectivity index is 2.58. The molecule has 0 unspecified atom stereocenters. The van der Waals surface area contributed by atoms with Crippen molar-refractivity contribution in [2.75, 3.05) is 5.32 Å². The van der Waals surface area contributed by atoms with E-state index in [1.165, 1.54) is 6.92 Å². The summed E-state index contributed by atoms with van der Waals surface area (Å²) < 4.78 is 5.03. The summed E-state index contributed by atoms with van der Waals surface area (Å²) in [4.78, 5) is 14.7. The second kappa shape index (κ2) is 4.07. The fourth-order valence-electron chi connectivity index (χ4n) is 1.03. The van der Waals surface area contributed by atoms with E-state index in [2.05, 4.69) is 24.1 Å². The summed E-state index contributed by atoms with van der Waals surface area (Å²) in [6.45, 7) is 5.63. The van der Waals surface area contributed by atoms with Crippen molar-refractivity contribution in [1.29, 1.82) is 0 Å². The molecule has 0 atom stereocenters. The van der Waals surface area contributed by atoms with Gasteiger partial charge in [0.1, 0.15) is 6.26 Å². The predicted molar refractivity (Wildman–Crippen MR) is 49.3 cm³/mol. The molecule has 0 aliphatic carbocycles. The lowest BCUT2D eigenvalue weighted by molar-refractivity contribution is -0.114. The Labute approximate surface area is 77.3 Å². The summed E-state index contributed by atoms with van der Waals surface area (Å²) in [6, 6.07) is 0.281. The van der Waals surface area contributed by atoms with E-state index in [4.69, 9.17) is 4.42 Å². The third kappa shape index (κ3) is 3.27. The number of oxazole rings is 1. The molecule has 1 heterocycles. The van der Waals surface area contributed by atoms with Gasteiger partial charge in [-0.1, -0.05) is 13.8 Å². The van der Waals surface area contributed by atoms with E-state index in [0.717, 1.165) is 12.1 Å². The van der Waals surface area contributed by atoms with Crippen molar-refractivity contribution in [2.45, 2.75) is 27.2 Å². The first kappa shape index (κ1) is 9.77. The van der Waals surface area contributed by atoms with Gasteiger partial charge in [-0.2, -0.15) is 4.98 Å². The van der Waals surface area contributed by atoms with Crippen LogP contribution in [-0.2, 0) is 11.2 Å². The van der Waals surface area contributed by atoms with Crippen molar-refractivity contribution in [1.82, 2.24) is 4.98 Å². The van der Waals surface area contributed by atoms with Gasteiger partial charge in [0, 0.05) is 6.92 Å². The van der Waals surface area contributed by atoms with Gasteiger partial charge in [0.2, 0.25) is 5.91 Å². The van der Waals surface area contributed by atoms with Crippen LogP contribution in [-0.4, -0.2) is 10.9 Å². The lowest BCUT2D eigenvalue weighted by Gasteiger charge is -1.97. The molecule has 4 nitrogen and oxygen atoms in total. The largest absolute Gasteiger partial charge is 0.432 e. The highest BCUT2D eigenvalue weighted by molar-refractivity contribution is 5.86. The number of aromatic nitrogens is 1. The maximum Gasteiger partial charge on any atom is 0.301 e. The number of nitrogens with one attached hydrogen (secondary N) is 1. The first-order valence-electron chi connectivity index (χ1n) is 4.30. The van der Waals surface area contributed by atoms with Gasteiger partial charge < -0.3 is 4.42 Å². The summed E-state index contributed by atoms with van der Waals surface area (Å²) in [5.41, 5.74) is 0.874. The predicted octanol–water partition coefficient (Wildman–Crippen LogP) is 1.83. The van der Waals surface area contributed by atoms with E-state index in [1.807, 2.05) is 0 Å². The monoisotopic (exact) mass is 182 g/mol. The molecule has 0 radical (unpaired) electrons. The van der Waals surface area contributed by atoms with Crippen LogP contribution in [0.1, 0.15) is 26.5 Å². The van der Waals surface area contributed by atoms with Crippen LogP contribution in [0.5, 0.6) is 0 Å². The zero-order valence-corrected chi connectivity index (χ0v) is 8.13. The number of hydrogen-bond donors (Lipinski definition) is 1. The first-order valence-corrected chi connectivity index (χ1v) is 4.30. The molecular weight excluding hydrogens is 168 g/mol. The number of amides is 1. The van der Waals surface area contributed by atoms with E-state index in [-0.39, 0.29) is 11.9 Å². The van der Waals surface area contributed by atoms with Crippen molar-refractivity contribution in [2.24, 2.45) is 5.92 Å². The molecule has 0 saturated heterocycles. The topological polar surface area (TPSA) is 55.1 Å². The van der Waals surface area contributed by atoms with Gasteiger partial charge in [-0.3, -0.25) is 10.1 Å². The van der Waals surface area contributed by atoms with Gasteiger partial charge in [0.15, 0.2) is 0 Å². The Morgan fingerprint density at radius 1 is 1.69 bits per heavy atom. The maximum absolute atomic E-state index is 10.6. The molecule has 72 valence electrons. The van der Waals surface area contributed by atoms with Gasteiger partial charge in [-0.15, -0.1) is 0 Å². The fraction of sp³-hybridized carbons (Fsp3) is 0.556. The third-order valence-corrected chi connectivity index (χ3v) is 1.45. The molecule has 0 bridgehead atoms. The average molecular weight is 182 g/mol. The molecule has 0 aromatic carbocycles. The van der Waals surface area contributed by atoms with Crippen LogP contribution in [0, 0.1) is 5.92 Å². The standard InChI is InChI=1S/C9H14N2O2/c1-6(2)4-8-5-13-9(11-8)10-7(3)12/h5-6H,4H2,1-3H3,(H,10,11,12). The van der Waals surface area contributed by atoms with Crippen LogP contribution in [0.15, 0.2) is 10.7 Å². The van der Waals surface area contributed by atoms with E-state index < -0.39 is 0 Å². The highest BCUT2D eigenvalue weighted by Gasteiger charge is 2.06. The Kier molecular flexibility index (Phi) is 3.06. The number of anilines is 1. The molecule has 4 heteroatoms. The zero-order valence-electron chi connectivity index (χ0n) is 8.13. The molecule has 1 aromatic rings. The van der Waals surface area contributed by atoms with Crippen molar-refractivity contribution >= 4 is 11.9 Å². The molecule has 0 aliphatic heterocycles. The summed E-state index contributed by atoms with van der Waals surface area (Å²) in [5.74, 6) is 0.369. The highest BCUT2D eigenvalue weighted by atomic mass is 16.4. The molecule has 0 aliphatic rings. The minimum atomic E-state index is -0.169. The smallest absolute Gasteiger partial charge is 0.301 e. The number of carbonyl (C=O) groups excluding carboxylic acids is 1. The Hall–Kier alpha value is -1.32. The normalized spacial score (nSPS) is 10.5. The highest BCUT2D eigenvalue weighted by Crippen LogP contribution is 2.11. The van der Waals surface area contributed by atoms with Gasteiger partial charge in [-0.25, -0.2) is 0 Å². The second-order valence-electron chi connectivity index (χ2n) is 3.42. The molecule has 13 heavy (non-hydrogen) atoms. The van der Waals surface area contributed by atoms with Crippen LogP contribution < -0.4 is 5.32 Å². The van der Waals surface area contributed by atoms with Crippen LogP contribution in [0.2, 0.25) is 0 Å². The molecule has 1 amide bonds. The van der Waals surface area contributed by atoms with Crippen LogP contribution in [0.4, 0.5) is 6.01 Å². The van der Waals surface area contributed by atoms with Crippen molar-refractivity contribution in [3.05, 3.63) is 12.0 Å². The Morgan fingerprint density at radius 3 is 2.92 bits per heavy atom. The molecular formula is C9H14N2O2. The number of carbonyl (C=O) groups is 1. The third-order valence-electron chi connectivity index (χ3n) is 1.45. The summed E-state index contributed by atoms with van der Waals surface area (Å²) in [7, 11) is 0. The van der Waals surface area contributed by atoms with Gasteiger partial charge in [0.05, 0.1) is 5.69 Å². The minimum Gasteiger partial charge on any atom is -0.432 e. The summed E-state index contributed by atoms with van der Waals surface area (Å²) >= 11 is 0. The van der Waals surface area contributed by atoms with E-state index in [0.29, 0.717) is 5.92 Å². The molecule has 1 aromatic heterocycles. The average Bonchev–Trinajstić information content (AvgIpc) is 2.33.